The summed E-state index contributed by atoms with van der Waals surface area (Å²) in [7, 11) is 2.16. The topological polar surface area (TPSA) is 15.7 Å². The van der Waals surface area contributed by atoms with Crippen molar-refractivity contribution in [2.45, 2.75) is 45.1 Å². The SMILES string of the molecule is CCCN1CCC(CCCOC2CN(C)C2)CC1. The van der Waals surface area contributed by atoms with Crippen molar-refractivity contribution in [3.63, 3.8) is 0 Å². The van der Waals surface area contributed by atoms with Gasteiger partial charge in [0, 0.05) is 19.7 Å². The number of nitrogens with zero attached hydrogens (tertiary/aromatic N) is 2. The lowest BCUT2D eigenvalue weighted by atomic mass is 9.92. The number of rotatable bonds is 7. The molecule has 0 aliphatic carbocycles. The number of ether oxygens (including phenoxy) is 1. The Morgan fingerprint density at radius 1 is 1.17 bits per heavy atom. The molecule has 2 aliphatic rings. The zero-order valence-corrected chi connectivity index (χ0v) is 12.2. The Labute approximate surface area is 112 Å². The first-order chi connectivity index (χ1) is 8.78. The Morgan fingerprint density at radius 3 is 2.50 bits per heavy atom. The van der Waals surface area contributed by atoms with Gasteiger partial charge in [-0.3, -0.25) is 0 Å². The predicted octanol–water partition coefficient (Wildman–Crippen LogP) is 2.22. The number of likely N-dealkylation sites (N-methyl/N-ethyl adjacent to an activating group) is 1. The van der Waals surface area contributed by atoms with Gasteiger partial charge in [0.25, 0.3) is 0 Å². The van der Waals surface area contributed by atoms with Crippen molar-refractivity contribution in [1.82, 2.24) is 9.80 Å². The maximum Gasteiger partial charge on any atom is 0.0828 e. The molecule has 0 aromatic carbocycles. The van der Waals surface area contributed by atoms with Gasteiger partial charge in [0.15, 0.2) is 0 Å². The van der Waals surface area contributed by atoms with Crippen LogP contribution in [0.2, 0.25) is 0 Å². The van der Waals surface area contributed by atoms with Crippen LogP contribution in [0.4, 0.5) is 0 Å². The molecule has 0 aromatic rings. The average Bonchev–Trinajstić information content (AvgIpc) is 2.34. The van der Waals surface area contributed by atoms with E-state index in [0.29, 0.717) is 6.10 Å². The summed E-state index contributed by atoms with van der Waals surface area (Å²) in [6.45, 7) is 9.48. The Morgan fingerprint density at radius 2 is 1.89 bits per heavy atom. The van der Waals surface area contributed by atoms with E-state index in [4.69, 9.17) is 4.74 Å². The molecule has 3 nitrogen and oxygen atoms in total. The summed E-state index contributed by atoms with van der Waals surface area (Å²) in [5, 5.41) is 0. The van der Waals surface area contributed by atoms with Gasteiger partial charge in [-0.15, -0.1) is 0 Å². The molecule has 2 rings (SSSR count). The van der Waals surface area contributed by atoms with Crippen molar-refractivity contribution >= 4 is 0 Å². The molecule has 2 fully saturated rings. The van der Waals surface area contributed by atoms with E-state index in [2.05, 4.69) is 23.8 Å². The van der Waals surface area contributed by atoms with Crippen LogP contribution in [0.5, 0.6) is 0 Å². The fraction of sp³-hybridized carbons (Fsp3) is 1.00. The summed E-state index contributed by atoms with van der Waals surface area (Å²) in [5.74, 6) is 0.964. The summed E-state index contributed by atoms with van der Waals surface area (Å²) in [6.07, 6.45) is 7.29. The van der Waals surface area contributed by atoms with Crippen molar-refractivity contribution in [3.05, 3.63) is 0 Å². The Hall–Kier alpha value is -0.120. The Kier molecular flexibility index (Phi) is 5.93. The molecule has 2 heterocycles. The van der Waals surface area contributed by atoms with Crippen molar-refractivity contribution < 1.29 is 4.74 Å². The molecular weight excluding hydrogens is 224 g/mol. The van der Waals surface area contributed by atoms with Gasteiger partial charge in [-0.1, -0.05) is 6.92 Å². The highest BCUT2D eigenvalue weighted by molar-refractivity contribution is 4.77. The Balaban J connectivity index is 1.45. The van der Waals surface area contributed by atoms with Gasteiger partial charge in [-0.05, 0) is 64.7 Å². The van der Waals surface area contributed by atoms with E-state index >= 15 is 0 Å². The molecule has 0 atom stereocenters. The lowest BCUT2D eigenvalue weighted by Crippen LogP contribution is -2.49. The first-order valence-electron chi connectivity index (χ1n) is 7.80. The maximum atomic E-state index is 5.85. The molecule has 0 unspecified atom stereocenters. The van der Waals surface area contributed by atoms with Gasteiger partial charge in [0.1, 0.15) is 0 Å². The minimum atomic E-state index is 0.529. The van der Waals surface area contributed by atoms with Gasteiger partial charge >= 0.3 is 0 Å². The van der Waals surface area contributed by atoms with Crippen LogP contribution in [0.15, 0.2) is 0 Å². The zero-order chi connectivity index (χ0) is 12.8. The highest BCUT2D eigenvalue weighted by Crippen LogP contribution is 2.22. The molecular formula is C15H30N2O. The molecule has 0 bridgehead atoms. The summed E-state index contributed by atoms with van der Waals surface area (Å²) >= 11 is 0. The summed E-state index contributed by atoms with van der Waals surface area (Å²) < 4.78 is 5.85. The highest BCUT2D eigenvalue weighted by atomic mass is 16.5. The van der Waals surface area contributed by atoms with Gasteiger partial charge in [-0.2, -0.15) is 0 Å². The van der Waals surface area contributed by atoms with Crippen LogP contribution in [0.25, 0.3) is 0 Å². The van der Waals surface area contributed by atoms with E-state index in [9.17, 15) is 0 Å². The molecule has 18 heavy (non-hydrogen) atoms. The Bertz CT molecular complexity index is 221. The fourth-order valence-corrected chi connectivity index (χ4v) is 3.18. The van der Waals surface area contributed by atoms with Gasteiger partial charge in [0.2, 0.25) is 0 Å². The summed E-state index contributed by atoms with van der Waals surface area (Å²) in [5.41, 5.74) is 0. The van der Waals surface area contributed by atoms with E-state index < -0.39 is 0 Å². The number of hydrogen-bond acceptors (Lipinski definition) is 3. The standard InChI is InChI=1S/C15H30N2O/c1-3-8-17-9-6-14(7-10-17)5-4-11-18-15-12-16(2)13-15/h14-15H,3-13H2,1-2H3. The first kappa shape index (κ1) is 14.3. The third kappa shape index (κ3) is 4.52. The molecule has 0 amide bonds. The number of piperidine rings is 1. The first-order valence-corrected chi connectivity index (χ1v) is 7.80. The molecule has 3 heteroatoms. The van der Waals surface area contributed by atoms with E-state index in [0.717, 1.165) is 25.6 Å². The third-order valence-electron chi connectivity index (χ3n) is 4.39. The number of likely N-dealkylation sites (tertiary alicyclic amines) is 2. The molecule has 2 saturated heterocycles. The summed E-state index contributed by atoms with van der Waals surface area (Å²) in [4.78, 5) is 4.94. The highest BCUT2D eigenvalue weighted by Gasteiger charge is 2.23. The van der Waals surface area contributed by atoms with E-state index in [-0.39, 0.29) is 0 Å². The van der Waals surface area contributed by atoms with Gasteiger partial charge in [-0.25, -0.2) is 0 Å². The fourth-order valence-electron chi connectivity index (χ4n) is 3.18. The quantitative estimate of drug-likeness (QED) is 0.648. The van der Waals surface area contributed by atoms with E-state index in [1.54, 1.807) is 0 Å². The van der Waals surface area contributed by atoms with Crippen LogP contribution >= 0.6 is 0 Å². The van der Waals surface area contributed by atoms with Crippen LogP contribution in [-0.2, 0) is 4.74 Å². The lowest BCUT2D eigenvalue weighted by molar-refractivity contribution is -0.0452. The molecule has 106 valence electrons. The molecule has 0 aromatic heterocycles. The third-order valence-corrected chi connectivity index (χ3v) is 4.39. The minimum absolute atomic E-state index is 0.529. The van der Waals surface area contributed by atoms with Crippen LogP contribution in [-0.4, -0.2) is 62.3 Å². The predicted molar refractivity (Wildman–Crippen MR) is 75.9 cm³/mol. The second-order valence-electron chi connectivity index (χ2n) is 6.14. The smallest absolute Gasteiger partial charge is 0.0828 e. The van der Waals surface area contributed by atoms with Gasteiger partial charge < -0.3 is 14.5 Å². The minimum Gasteiger partial charge on any atom is -0.376 e. The summed E-state index contributed by atoms with van der Waals surface area (Å²) in [6, 6.07) is 0. The van der Waals surface area contributed by atoms with Crippen molar-refractivity contribution in [2.75, 3.05) is 46.4 Å². The second kappa shape index (κ2) is 7.46. The van der Waals surface area contributed by atoms with Crippen molar-refractivity contribution in [2.24, 2.45) is 5.92 Å². The molecule has 0 spiro atoms. The van der Waals surface area contributed by atoms with Crippen LogP contribution in [0.3, 0.4) is 0 Å². The van der Waals surface area contributed by atoms with E-state index in [1.807, 2.05) is 0 Å². The van der Waals surface area contributed by atoms with Crippen LogP contribution < -0.4 is 0 Å². The largest absolute Gasteiger partial charge is 0.376 e. The van der Waals surface area contributed by atoms with Gasteiger partial charge in [0.05, 0.1) is 6.10 Å². The normalized spacial score (nSPS) is 24.3. The van der Waals surface area contributed by atoms with Crippen molar-refractivity contribution in [1.29, 1.82) is 0 Å². The monoisotopic (exact) mass is 254 g/mol. The lowest BCUT2D eigenvalue weighted by Gasteiger charge is -2.36. The average molecular weight is 254 g/mol. The zero-order valence-electron chi connectivity index (χ0n) is 12.2. The van der Waals surface area contributed by atoms with Crippen molar-refractivity contribution in [3.8, 4) is 0 Å². The second-order valence-corrected chi connectivity index (χ2v) is 6.14. The molecule has 0 saturated carbocycles. The van der Waals surface area contributed by atoms with Crippen LogP contribution in [0.1, 0.15) is 39.0 Å². The van der Waals surface area contributed by atoms with Crippen LogP contribution in [0, 0.1) is 5.92 Å². The molecule has 2 aliphatic heterocycles. The molecule has 0 N–H and O–H groups in total. The number of hydrogen-bond donors (Lipinski definition) is 0. The maximum absolute atomic E-state index is 5.85. The molecule has 0 radical (unpaired) electrons. The van der Waals surface area contributed by atoms with E-state index in [1.165, 1.54) is 51.7 Å².